The van der Waals surface area contributed by atoms with Crippen molar-refractivity contribution in [1.82, 2.24) is 4.57 Å². The summed E-state index contributed by atoms with van der Waals surface area (Å²) in [5.74, 6) is -1.03. The highest BCUT2D eigenvalue weighted by Crippen LogP contribution is 2.35. The number of halogens is 1. The standard InChI is InChI=1S/C17H14ClNO3/c18-12-6-7-13-14(10-12)15(11-4-2-1-3-5-11)19(8-9-20)16(13)17(21)22/h1-7,10,20H,8-9H2,(H,21,22). The summed E-state index contributed by atoms with van der Waals surface area (Å²) in [7, 11) is 0. The number of aromatic nitrogens is 1. The molecule has 0 atom stereocenters. The first-order valence-electron chi connectivity index (χ1n) is 6.85. The van der Waals surface area contributed by atoms with E-state index in [9.17, 15) is 15.0 Å². The molecular formula is C17H14ClNO3. The molecule has 0 fully saturated rings. The van der Waals surface area contributed by atoms with Crippen molar-refractivity contribution in [3.05, 3.63) is 59.2 Å². The van der Waals surface area contributed by atoms with Crippen LogP contribution in [0.25, 0.3) is 22.0 Å². The van der Waals surface area contributed by atoms with E-state index in [0.29, 0.717) is 10.4 Å². The molecule has 0 bridgehead atoms. The van der Waals surface area contributed by atoms with E-state index >= 15 is 0 Å². The number of benzene rings is 2. The number of hydrogen-bond donors (Lipinski definition) is 2. The maximum absolute atomic E-state index is 11.7. The van der Waals surface area contributed by atoms with Gasteiger partial charge in [0, 0.05) is 22.3 Å². The smallest absolute Gasteiger partial charge is 0.353 e. The minimum absolute atomic E-state index is 0.144. The number of hydrogen-bond acceptors (Lipinski definition) is 2. The molecule has 2 aromatic carbocycles. The van der Waals surface area contributed by atoms with E-state index in [4.69, 9.17) is 11.6 Å². The Kier molecular flexibility index (Phi) is 3.88. The minimum atomic E-state index is -1.03. The largest absolute Gasteiger partial charge is 0.477 e. The van der Waals surface area contributed by atoms with E-state index in [2.05, 4.69) is 0 Å². The lowest BCUT2D eigenvalue weighted by atomic mass is 10.1. The van der Waals surface area contributed by atoms with Crippen LogP contribution in [0.15, 0.2) is 48.5 Å². The number of aliphatic hydroxyl groups excluding tert-OH is 1. The maximum atomic E-state index is 11.7. The zero-order chi connectivity index (χ0) is 15.7. The molecule has 2 N–H and O–H groups in total. The second-order valence-corrected chi connectivity index (χ2v) is 5.37. The molecule has 4 nitrogen and oxygen atoms in total. The third-order valence-electron chi connectivity index (χ3n) is 3.61. The number of carbonyl (C=O) groups is 1. The molecule has 5 heteroatoms. The second kappa shape index (κ2) is 5.83. The van der Waals surface area contributed by atoms with Crippen LogP contribution in [0.5, 0.6) is 0 Å². The molecular weight excluding hydrogens is 302 g/mol. The van der Waals surface area contributed by atoms with Gasteiger partial charge in [-0.2, -0.15) is 0 Å². The molecule has 1 aromatic heterocycles. The van der Waals surface area contributed by atoms with Crippen molar-refractivity contribution in [1.29, 1.82) is 0 Å². The van der Waals surface area contributed by atoms with Gasteiger partial charge in [0.15, 0.2) is 0 Å². The van der Waals surface area contributed by atoms with Crippen LogP contribution in [-0.2, 0) is 6.54 Å². The fourth-order valence-corrected chi connectivity index (χ4v) is 2.96. The highest BCUT2D eigenvalue weighted by molar-refractivity contribution is 6.31. The monoisotopic (exact) mass is 315 g/mol. The number of aromatic carboxylic acids is 1. The van der Waals surface area contributed by atoms with Crippen LogP contribution < -0.4 is 0 Å². The molecule has 0 spiro atoms. The Morgan fingerprint density at radius 3 is 2.45 bits per heavy atom. The zero-order valence-corrected chi connectivity index (χ0v) is 12.4. The van der Waals surface area contributed by atoms with Gasteiger partial charge in [-0.15, -0.1) is 0 Å². The SMILES string of the molecule is O=C(O)c1c2ccc(Cl)cc2c(-c2ccccc2)n1CCO. The Hall–Kier alpha value is -2.30. The van der Waals surface area contributed by atoms with E-state index in [1.165, 1.54) is 0 Å². The summed E-state index contributed by atoms with van der Waals surface area (Å²) < 4.78 is 1.64. The number of aliphatic hydroxyl groups is 1. The van der Waals surface area contributed by atoms with Crippen molar-refractivity contribution < 1.29 is 15.0 Å². The summed E-state index contributed by atoms with van der Waals surface area (Å²) in [5.41, 5.74) is 1.81. The van der Waals surface area contributed by atoms with Crippen LogP contribution in [0, 0.1) is 0 Å². The highest BCUT2D eigenvalue weighted by atomic mass is 35.5. The third-order valence-corrected chi connectivity index (χ3v) is 3.84. The minimum Gasteiger partial charge on any atom is -0.477 e. The Morgan fingerprint density at radius 1 is 1.09 bits per heavy atom. The van der Waals surface area contributed by atoms with Crippen molar-refractivity contribution >= 4 is 28.3 Å². The van der Waals surface area contributed by atoms with Gasteiger partial charge in [0.25, 0.3) is 0 Å². The molecule has 3 rings (SSSR count). The molecule has 0 saturated carbocycles. The lowest BCUT2D eigenvalue weighted by molar-refractivity contribution is 0.0686. The van der Waals surface area contributed by atoms with Crippen LogP contribution in [0.3, 0.4) is 0 Å². The number of carboxylic acids is 1. The number of fused-ring (bicyclic) bond motifs is 1. The topological polar surface area (TPSA) is 62.5 Å². The van der Waals surface area contributed by atoms with E-state index in [0.717, 1.165) is 16.6 Å². The Balaban J connectivity index is 2.44. The van der Waals surface area contributed by atoms with Crippen LogP contribution in [-0.4, -0.2) is 27.4 Å². The average Bonchev–Trinajstić information content (AvgIpc) is 2.81. The van der Waals surface area contributed by atoms with Crippen molar-refractivity contribution in [3.8, 4) is 11.3 Å². The van der Waals surface area contributed by atoms with Crippen LogP contribution in [0.4, 0.5) is 0 Å². The van der Waals surface area contributed by atoms with Gasteiger partial charge in [-0.3, -0.25) is 0 Å². The van der Waals surface area contributed by atoms with Crippen molar-refractivity contribution in [2.45, 2.75) is 6.54 Å². The summed E-state index contributed by atoms with van der Waals surface area (Å²) in [5, 5.41) is 20.8. The van der Waals surface area contributed by atoms with Gasteiger partial charge in [0.2, 0.25) is 0 Å². The van der Waals surface area contributed by atoms with Gasteiger partial charge >= 0.3 is 5.97 Å². The van der Waals surface area contributed by atoms with Gasteiger partial charge in [0.05, 0.1) is 12.3 Å². The molecule has 0 aliphatic carbocycles. The number of rotatable bonds is 4. The zero-order valence-electron chi connectivity index (χ0n) is 11.7. The Bertz CT molecular complexity index is 840. The quantitative estimate of drug-likeness (QED) is 0.772. The Labute approximate surface area is 132 Å². The molecule has 3 aromatic rings. The normalized spacial score (nSPS) is 11.0. The molecule has 0 aliphatic heterocycles. The summed E-state index contributed by atoms with van der Waals surface area (Å²) in [6.45, 7) is 0.0625. The molecule has 112 valence electrons. The first kappa shape index (κ1) is 14.6. The molecule has 0 radical (unpaired) electrons. The molecule has 0 aliphatic rings. The summed E-state index contributed by atoms with van der Waals surface area (Å²) in [6, 6.07) is 14.7. The third kappa shape index (κ3) is 2.36. The average molecular weight is 316 g/mol. The molecule has 0 amide bonds. The van der Waals surface area contributed by atoms with Crippen LogP contribution in [0.1, 0.15) is 10.5 Å². The fourth-order valence-electron chi connectivity index (χ4n) is 2.78. The van der Waals surface area contributed by atoms with Crippen molar-refractivity contribution in [3.63, 3.8) is 0 Å². The number of nitrogens with zero attached hydrogens (tertiary/aromatic N) is 1. The van der Waals surface area contributed by atoms with Crippen molar-refractivity contribution in [2.75, 3.05) is 6.61 Å². The van der Waals surface area contributed by atoms with Crippen molar-refractivity contribution in [2.24, 2.45) is 0 Å². The summed E-state index contributed by atoms with van der Waals surface area (Å²) >= 11 is 6.09. The lowest BCUT2D eigenvalue weighted by Gasteiger charge is -2.10. The molecule has 0 unspecified atom stereocenters. The van der Waals surface area contributed by atoms with Gasteiger partial charge in [-0.05, 0) is 17.7 Å². The highest BCUT2D eigenvalue weighted by Gasteiger charge is 2.22. The lowest BCUT2D eigenvalue weighted by Crippen LogP contribution is -2.12. The fraction of sp³-hybridized carbons (Fsp3) is 0.118. The van der Waals surface area contributed by atoms with Gasteiger partial charge in [0.1, 0.15) is 5.69 Å². The van der Waals surface area contributed by atoms with E-state index in [-0.39, 0.29) is 18.8 Å². The van der Waals surface area contributed by atoms with Gasteiger partial charge < -0.3 is 14.8 Å². The maximum Gasteiger partial charge on any atom is 0.353 e. The van der Waals surface area contributed by atoms with Crippen LogP contribution in [0.2, 0.25) is 5.02 Å². The van der Waals surface area contributed by atoms with E-state index in [1.807, 2.05) is 30.3 Å². The van der Waals surface area contributed by atoms with Crippen LogP contribution >= 0.6 is 11.6 Å². The summed E-state index contributed by atoms with van der Waals surface area (Å²) in [6.07, 6.45) is 0. The molecule has 22 heavy (non-hydrogen) atoms. The molecule has 1 heterocycles. The summed E-state index contributed by atoms with van der Waals surface area (Å²) in [4.78, 5) is 11.7. The molecule has 0 saturated heterocycles. The van der Waals surface area contributed by atoms with Gasteiger partial charge in [-0.25, -0.2) is 4.79 Å². The predicted octanol–water partition coefficient (Wildman–Crippen LogP) is 3.65. The second-order valence-electron chi connectivity index (χ2n) is 4.93. The van der Waals surface area contributed by atoms with E-state index < -0.39 is 5.97 Å². The number of carboxylic acid groups (broad SMARTS) is 1. The van der Waals surface area contributed by atoms with Gasteiger partial charge in [-0.1, -0.05) is 48.0 Å². The first-order valence-corrected chi connectivity index (χ1v) is 7.22. The first-order chi connectivity index (χ1) is 10.6. The Morgan fingerprint density at radius 2 is 1.82 bits per heavy atom. The van der Waals surface area contributed by atoms with E-state index in [1.54, 1.807) is 22.8 Å². The predicted molar refractivity (Wildman–Crippen MR) is 86.4 cm³/mol.